The van der Waals surface area contributed by atoms with Crippen LogP contribution >= 0.6 is 11.3 Å². The number of carbonyl (C=O) groups excluding carboxylic acids is 1. The Morgan fingerprint density at radius 1 is 1.03 bits per heavy atom. The molecule has 5 nitrogen and oxygen atoms in total. The SMILES string of the molecule is CCOc1ccc(-c2nc(C(=O)/C=C/c3ccccc3OC)cs2)cc1OCC. The number of hydrogen-bond donors (Lipinski definition) is 0. The van der Waals surface area contributed by atoms with Gasteiger partial charge in [-0.15, -0.1) is 11.3 Å². The lowest BCUT2D eigenvalue weighted by atomic mass is 10.1. The molecule has 6 heteroatoms. The number of benzene rings is 2. The van der Waals surface area contributed by atoms with Gasteiger partial charge in [0, 0.05) is 16.5 Å². The van der Waals surface area contributed by atoms with Crippen LogP contribution in [0.3, 0.4) is 0 Å². The first kappa shape index (κ1) is 20.6. The number of rotatable bonds is 9. The molecule has 0 fully saturated rings. The highest BCUT2D eigenvalue weighted by atomic mass is 32.1. The monoisotopic (exact) mass is 409 g/mol. The van der Waals surface area contributed by atoms with Crippen molar-refractivity contribution in [1.29, 1.82) is 0 Å². The first-order valence-electron chi connectivity index (χ1n) is 9.37. The molecule has 0 saturated carbocycles. The van der Waals surface area contributed by atoms with Crippen LogP contribution in [0.1, 0.15) is 29.9 Å². The third-order valence-electron chi connectivity index (χ3n) is 4.10. The minimum Gasteiger partial charge on any atom is -0.496 e. The van der Waals surface area contributed by atoms with E-state index >= 15 is 0 Å². The predicted molar refractivity (Wildman–Crippen MR) is 116 cm³/mol. The van der Waals surface area contributed by atoms with Crippen LogP contribution in [0.4, 0.5) is 0 Å². The van der Waals surface area contributed by atoms with Crippen molar-refractivity contribution in [1.82, 2.24) is 4.98 Å². The number of ether oxygens (including phenoxy) is 3. The molecule has 2 aromatic carbocycles. The Labute approximate surface area is 174 Å². The number of ketones is 1. The summed E-state index contributed by atoms with van der Waals surface area (Å²) >= 11 is 1.42. The van der Waals surface area contributed by atoms with Crippen molar-refractivity contribution in [3.63, 3.8) is 0 Å². The van der Waals surface area contributed by atoms with E-state index in [-0.39, 0.29) is 5.78 Å². The summed E-state index contributed by atoms with van der Waals surface area (Å²) in [5.74, 6) is 1.93. The molecular formula is C23H23NO4S. The number of aromatic nitrogens is 1. The van der Waals surface area contributed by atoms with Crippen molar-refractivity contribution in [2.75, 3.05) is 20.3 Å². The van der Waals surface area contributed by atoms with Crippen LogP contribution in [0.5, 0.6) is 17.2 Å². The number of carbonyl (C=O) groups is 1. The smallest absolute Gasteiger partial charge is 0.205 e. The average Bonchev–Trinajstić information content (AvgIpc) is 3.24. The number of allylic oxidation sites excluding steroid dienone is 1. The molecular weight excluding hydrogens is 386 g/mol. The van der Waals surface area contributed by atoms with Crippen LogP contribution in [0, 0.1) is 0 Å². The molecule has 0 amide bonds. The van der Waals surface area contributed by atoms with Gasteiger partial charge in [-0.05, 0) is 50.3 Å². The first-order chi connectivity index (χ1) is 14.2. The number of thiazole rings is 1. The van der Waals surface area contributed by atoms with E-state index in [1.54, 1.807) is 18.6 Å². The molecule has 29 heavy (non-hydrogen) atoms. The van der Waals surface area contributed by atoms with Crippen LogP contribution in [-0.2, 0) is 0 Å². The molecule has 0 bridgehead atoms. The van der Waals surface area contributed by atoms with Crippen molar-refractivity contribution < 1.29 is 19.0 Å². The molecule has 0 spiro atoms. The minimum atomic E-state index is -0.158. The quantitative estimate of drug-likeness (QED) is 0.344. The van der Waals surface area contributed by atoms with E-state index in [1.807, 2.05) is 56.3 Å². The third kappa shape index (κ3) is 5.03. The van der Waals surface area contributed by atoms with Gasteiger partial charge in [0.25, 0.3) is 0 Å². The van der Waals surface area contributed by atoms with Crippen LogP contribution in [0.2, 0.25) is 0 Å². The van der Waals surface area contributed by atoms with Crippen molar-refractivity contribution in [3.05, 3.63) is 65.2 Å². The lowest BCUT2D eigenvalue weighted by Crippen LogP contribution is -1.98. The number of nitrogens with zero attached hydrogens (tertiary/aromatic N) is 1. The summed E-state index contributed by atoms with van der Waals surface area (Å²) in [6.45, 7) is 4.96. The predicted octanol–water partition coefficient (Wildman–Crippen LogP) is 5.51. The highest BCUT2D eigenvalue weighted by molar-refractivity contribution is 7.13. The van der Waals surface area contributed by atoms with Gasteiger partial charge in [0.1, 0.15) is 16.5 Å². The van der Waals surface area contributed by atoms with E-state index in [9.17, 15) is 4.79 Å². The highest BCUT2D eigenvalue weighted by Crippen LogP contribution is 2.34. The summed E-state index contributed by atoms with van der Waals surface area (Å²) in [5.41, 5.74) is 2.13. The number of para-hydroxylation sites is 1. The van der Waals surface area contributed by atoms with Gasteiger partial charge in [-0.2, -0.15) is 0 Å². The van der Waals surface area contributed by atoms with Gasteiger partial charge in [0.2, 0.25) is 5.78 Å². The first-order valence-corrected chi connectivity index (χ1v) is 10.2. The maximum Gasteiger partial charge on any atom is 0.205 e. The van der Waals surface area contributed by atoms with E-state index in [0.717, 1.165) is 16.1 Å². The molecule has 0 atom stereocenters. The van der Waals surface area contributed by atoms with E-state index < -0.39 is 0 Å². The zero-order valence-corrected chi connectivity index (χ0v) is 17.5. The Balaban J connectivity index is 1.80. The highest BCUT2D eigenvalue weighted by Gasteiger charge is 2.13. The van der Waals surface area contributed by atoms with Gasteiger partial charge in [-0.3, -0.25) is 4.79 Å². The Kier molecular flexibility index (Phi) is 7.03. The minimum absolute atomic E-state index is 0.158. The topological polar surface area (TPSA) is 57.7 Å². The maximum atomic E-state index is 12.5. The largest absolute Gasteiger partial charge is 0.496 e. The van der Waals surface area contributed by atoms with Gasteiger partial charge in [-0.1, -0.05) is 18.2 Å². The Morgan fingerprint density at radius 3 is 2.55 bits per heavy atom. The Bertz CT molecular complexity index is 1010. The lowest BCUT2D eigenvalue weighted by molar-refractivity contribution is 0.104. The molecule has 150 valence electrons. The second-order valence-electron chi connectivity index (χ2n) is 6.00. The number of hydrogen-bond acceptors (Lipinski definition) is 6. The Morgan fingerprint density at radius 2 is 1.79 bits per heavy atom. The normalized spacial score (nSPS) is 10.9. The van der Waals surface area contributed by atoms with Crippen molar-refractivity contribution >= 4 is 23.2 Å². The molecule has 0 aliphatic carbocycles. The van der Waals surface area contributed by atoms with Crippen molar-refractivity contribution in [3.8, 4) is 27.8 Å². The third-order valence-corrected chi connectivity index (χ3v) is 4.99. The molecule has 0 saturated heterocycles. The fraction of sp³-hybridized carbons (Fsp3) is 0.217. The fourth-order valence-electron chi connectivity index (χ4n) is 2.76. The number of methoxy groups -OCH3 is 1. The zero-order chi connectivity index (χ0) is 20.6. The van der Waals surface area contributed by atoms with Crippen molar-refractivity contribution in [2.24, 2.45) is 0 Å². The van der Waals surface area contributed by atoms with Gasteiger partial charge >= 0.3 is 0 Å². The average molecular weight is 410 g/mol. The molecule has 3 rings (SSSR count). The van der Waals surface area contributed by atoms with E-state index in [0.29, 0.717) is 36.2 Å². The summed E-state index contributed by atoms with van der Waals surface area (Å²) in [7, 11) is 1.61. The molecule has 0 aliphatic rings. The van der Waals surface area contributed by atoms with Crippen LogP contribution in [0.15, 0.2) is 53.9 Å². The second-order valence-corrected chi connectivity index (χ2v) is 6.86. The summed E-state index contributed by atoms with van der Waals surface area (Å²) in [4.78, 5) is 17.0. The van der Waals surface area contributed by atoms with Gasteiger partial charge < -0.3 is 14.2 Å². The molecule has 0 aliphatic heterocycles. The summed E-state index contributed by atoms with van der Waals surface area (Å²) < 4.78 is 16.6. The summed E-state index contributed by atoms with van der Waals surface area (Å²) in [6.07, 6.45) is 3.25. The molecule has 1 heterocycles. The van der Waals surface area contributed by atoms with E-state index in [4.69, 9.17) is 14.2 Å². The van der Waals surface area contributed by atoms with Gasteiger partial charge in [-0.25, -0.2) is 4.98 Å². The van der Waals surface area contributed by atoms with Crippen molar-refractivity contribution in [2.45, 2.75) is 13.8 Å². The fourth-order valence-corrected chi connectivity index (χ4v) is 3.56. The molecule has 1 aromatic heterocycles. The Hall–Kier alpha value is -3.12. The van der Waals surface area contributed by atoms with Gasteiger partial charge in [0.05, 0.1) is 20.3 Å². The lowest BCUT2D eigenvalue weighted by Gasteiger charge is -2.11. The van der Waals surface area contributed by atoms with Gasteiger partial charge in [0.15, 0.2) is 11.5 Å². The summed E-state index contributed by atoms with van der Waals surface area (Å²) in [5, 5.41) is 2.52. The molecule has 0 unspecified atom stereocenters. The van der Waals surface area contributed by atoms with Crippen LogP contribution in [-0.4, -0.2) is 31.1 Å². The zero-order valence-electron chi connectivity index (χ0n) is 16.7. The molecule has 0 radical (unpaired) electrons. The standard InChI is InChI=1S/C23H23NO4S/c1-4-27-21-13-11-17(14-22(21)28-5-2)23-24-18(15-29-23)19(25)12-10-16-8-6-7-9-20(16)26-3/h6-15H,4-5H2,1-3H3/b12-10+. The van der Waals surface area contributed by atoms with E-state index in [1.165, 1.54) is 17.4 Å². The second kappa shape index (κ2) is 9.89. The maximum absolute atomic E-state index is 12.5. The molecule has 3 aromatic rings. The van der Waals surface area contributed by atoms with Crippen LogP contribution in [0.25, 0.3) is 16.6 Å². The van der Waals surface area contributed by atoms with Crippen LogP contribution < -0.4 is 14.2 Å². The summed E-state index contributed by atoms with van der Waals surface area (Å²) in [6, 6.07) is 13.2. The van der Waals surface area contributed by atoms with E-state index in [2.05, 4.69) is 4.98 Å². The molecule has 0 N–H and O–H groups in total.